The monoisotopic (exact) mass is 209 g/mol. The molecule has 1 N–H and O–H groups in total. The Kier molecular flexibility index (Phi) is 3.80. The van der Waals surface area contributed by atoms with E-state index in [0.29, 0.717) is 12.0 Å². The first-order valence-electron chi connectivity index (χ1n) is 4.92. The van der Waals surface area contributed by atoms with Crippen LogP contribution in [0.15, 0.2) is 18.2 Å². The van der Waals surface area contributed by atoms with Crippen molar-refractivity contribution < 1.29 is 10.0 Å². The maximum absolute atomic E-state index is 10.6. The molecule has 1 aromatic rings. The zero-order chi connectivity index (χ0) is 11.4. The number of hydrogen-bond acceptors (Lipinski definition) is 3. The maximum Gasteiger partial charge on any atom is 0.272 e. The van der Waals surface area contributed by atoms with E-state index in [-0.39, 0.29) is 16.7 Å². The van der Waals surface area contributed by atoms with Crippen LogP contribution in [0.3, 0.4) is 0 Å². The third kappa shape index (κ3) is 3.32. The van der Waals surface area contributed by atoms with Gasteiger partial charge in [-0.15, -0.1) is 0 Å². The summed E-state index contributed by atoms with van der Waals surface area (Å²) in [5.41, 5.74) is 1.85. The van der Waals surface area contributed by atoms with Crippen LogP contribution in [0.4, 0.5) is 5.69 Å². The van der Waals surface area contributed by atoms with Gasteiger partial charge in [-0.3, -0.25) is 10.1 Å². The van der Waals surface area contributed by atoms with Gasteiger partial charge in [0.25, 0.3) is 5.69 Å². The third-order valence-corrected chi connectivity index (χ3v) is 2.31. The molecule has 15 heavy (non-hydrogen) atoms. The fourth-order valence-electron chi connectivity index (χ4n) is 1.45. The van der Waals surface area contributed by atoms with E-state index < -0.39 is 0 Å². The number of nitro benzene ring substituents is 1. The normalized spacial score (nSPS) is 12.5. The number of aryl methyl sites for hydroxylation is 2. The van der Waals surface area contributed by atoms with Crippen molar-refractivity contribution in [1.82, 2.24) is 0 Å². The lowest BCUT2D eigenvalue weighted by molar-refractivity contribution is -0.385. The summed E-state index contributed by atoms with van der Waals surface area (Å²) in [6, 6.07) is 5.07. The molecule has 0 heterocycles. The van der Waals surface area contributed by atoms with E-state index in [1.54, 1.807) is 26.0 Å². The minimum Gasteiger partial charge on any atom is -0.393 e. The SMILES string of the molecule is Cc1cc(CC[C@@H](C)O)ccc1[N+](=O)[O-]. The summed E-state index contributed by atoms with van der Waals surface area (Å²) in [6.45, 7) is 3.46. The molecule has 0 spiro atoms. The first-order chi connectivity index (χ1) is 7.00. The van der Waals surface area contributed by atoms with Crippen LogP contribution in [0.25, 0.3) is 0 Å². The Labute approximate surface area is 88.7 Å². The highest BCUT2D eigenvalue weighted by molar-refractivity contribution is 5.41. The van der Waals surface area contributed by atoms with Crippen molar-refractivity contribution in [3.63, 3.8) is 0 Å². The predicted octanol–water partition coefficient (Wildman–Crippen LogP) is 2.22. The van der Waals surface area contributed by atoms with Crippen molar-refractivity contribution >= 4 is 5.69 Å². The van der Waals surface area contributed by atoms with Gasteiger partial charge in [-0.05, 0) is 38.3 Å². The van der Waals surface area contributed by atoms with Crippen molar-refractivity contribution in [2.24, 2.45) is 0 Å². The Balaban J connectivity index is 2.78. The van der Waals surface area contributed by atoms with Crippen LogP contribution >= 0.6 is 0 Å². The molecule has 4 nitrogen and oxygen atoms in total. The van der Waals surface area contributed by atoms with Gasteiger partial charge >= 0.3 is 0 Å². The van der Waals surface area contributed by atoms with Crippen molar-refractivity contribution in [2.45, 2.75) is 32.8 Å². The zero-order valence-corrected chi connectivity index (χ0v) is 8.93. The van der Waals surface area contributed by atoms with Crippen LogP contribution < -0.4 is 0 Å². The number of nitro groups is 1. The van der Waals surface area contributed by atoms with Gasteiger partial charge in [0, 0.05) is 11.6 Å². The van der Waals surface area contributed by atoms with Gasteiger partial charge in [-0.2, -0.15) is 0 Å². The van der Waals surface area contributed by atoms with Gasteiger partial charge in [0.1, 0.15) is 0 Å². The summed E-state index contributed by atoms with van der Waals surface area (Å²) in [7, 11) is 0. The second-order valence-corrected chi connectivity index (χ2v) is 3.77. The number of hydrogen-bond donors (Lipinski definition) is 1. The lowest BCUT2D eigenvalue weighted by Crippen LogP contribution is -2.02. The summed E-state index contributed by atoms with van der Waals surface area (Å²) in [5, 5.41) is 19.7. The van der Waals surface area contributed by atoms with Gasteiger partial charge in [0.2, 0.25) is 0 Å². The Morgan fingerprint density at radius 2 is 2.20 bits per heavy atom. The molecule has 0 aliphatic heterocycles. The Bertz CT molecular complexity index is 361. The molecule has 1 aromatic carbocycles. The van der Waals surface area contributed by atoms with Gasteiger partial charge in [0.15, 0.2) is 0 Å². The number of aliphatic hydroxyl groups is 1. The molecular formula is C11H15NO3. The molecule has 1 atom stereocenters. The molecule has 0 saturated heterocycles. The van der Waals surface area contributed by atoms with Crippen LogP contribution in [0.1, 0.15) is 24.5 Å². The molecule has 0 aliphatic rings. The predicted molar refractivity (Wildman–Crippen MR) is 57.8 cm³/mol. The molecule has 0 aromatic heterocycles. The smallest absolute Gasteiger partial charge is 0.272 e. The lowest BCUT2D eigenvalue weighted by atomic mass is 10.0. The van der Waals surface area contributed by atoms with Crippen LogP contribution in [0.5, 0.6) is 0 Å². The Morgan fingerprint density at radius 3 is 2.67 bits per heavy atom. The second kappa shape index (κ2) is 4.89. The number of benzene rings is 1. The Hall–Kier alpha value is -1.42. The minimum atomic E-state index is -0.381. The zero-order valence-electron chi connectivity index (χ0n) is 8.93. The quantitative estimate of drug-likeness (QED) is 0.610. The standard InChI is InChI=1S/C11H15NO3/c1-8-7-10(4-3-9(2)13)5-6-11(8)12(14)15/h5-7,9,13H,3-4H2,1-2H3/t9-/m1/s1. The molecule has 82 valence electrons. The molecular weight excluding hydrogens is 194 g/mol. The van der Waals surface area contributed by atoms with E-state index in [2.05, 4.69) is 0 Å². The van der Waals surface area contributed by atoms with E-state index in [1.165, 1.54) is 6.07 Å². The van der Waals surface area contributed by atoms with E-state index in [9.17, 15) is 10.1 Å². The molecule has 4 heteroatoms. The van der Waals surface area contributed by atoms with Crippen molar-refractivity contribution in [2.75, 3.05) is 0 Å². The molecule has 0 fully saturated rings. The molecule has 1 rings (SSSR count). The number of aliphatic hydroxyl groups excluding tert-OH is 1. The third-order valence-electron chi connectivity index (χ3n) is 2.31. The minimum absolute atomic E-state index is 0.149. The summed E-state index contributed by atoms with van der Waals surface area (Å²) >= 11 is 0. The first-order valence-corrected chi connectivity index (χ1v) is 4.92. The van der Waals surface area contributed by atoms with E-state index in [4.69, 9.17) is 5.11 Å². The van der Waals surface area contributed by atoms with Crippen LogP contribution in [0, 0.1) is 17.0 Å². The Morgan fingerprint density at radius 1 is 1.53 bits per heavy atom. The summed E-state index contributed by atoms with van der Waals surface area (Å²) in [4.78, 5) is 10.2. The highest BCUT2D eigenvalue weighted by Crippen LogP contribution is 2.19. The highest BCUT2D eigenvalue weighted by Gasteiger charge is 2.10. The highest BCUT2D eigenvalue weighted by atomic mass is 16.6. The average Bonchev–Trinajstić information content (AvgIpc) is 2.14. The molecule has 0 amide bonds. The number of nitrogens with zero attached hydrogens (tertiary/aromatic N) is 1. The summed E-state index contributed by atoms with van der Waals surface area (Å²) in [6.07, 6.45) is 1.09. The van der Waals surface area contributed by atoms with E-state index in [0.717, 1.165) is 12.0 Å². The van der Waals surface area contributed by atoms with Gasteiger partial charge in [-0.25, -0.2) is 0 Å². The lowest BCUT2D eigenvalue weighted by Gasteiger charge is -2.05. The van der Waals surface area contributed by atoms with E-state index >= 15 is 0 Å². The second-order valence-electron chi connectivity index (χ2n) is 3.77. The molecule has 0 aliphatic carbocycles. The van der Waals surface area contributed by atoms with Gasteiger partial charge in [-0.1, -0.05) is 6.07 Å². The average molecular weight is 209 g/mol. The largest absolute Gasteiger partial charge is 0.393 e. The summed E-state index contributed by atoms with van der Waals surface area (Å²) < 4.78 is 0. The maximum atomic E-state index is 10.6. The van der Waals surface area contributed by atoms with Gasteiger partial charge < -0.3 is 5.11 Å². The first kappa shape index (κ1) is 11.7. The van der Waals surface area contributed by atoms with E-state index in [1.807, 2.05) is 0 Å². The fraction of sp³-hybridized carbons (Fsp3) is 0.455. The van der Waals surface area contributed by atoms with Crippen molar-refractivity contribution in [1.29, 1.82) is 0 Å². The van der Waals surface area contributed by atoms with Crippen LogP contribution in [-0.4, -0.2) is 16.1 Å². The fourth-order valence-corrected chi connectivity index (χ4v) is 1.45. The number of rotatable bonds is 4. The van der Waals surface area contributed by atoms with Gasteiger partial charge in [0.05, 0.1) is 11.0 Å². The topological polar surface area (TPSA) is 63.4 Å². The van der Waals surface area contributed by atoms with Crippen molar-refractivity contribution in [3.05, 3.63) is 39.4 Å². The molecule has 0 unspecified atom stereocenters. The molecule has 0 radical (unpaired) electrons. The summed E-state index contributed by atoms with van der Waals surface area (Å²) in [5.74, 6) is 0. The van der Waals surface area contributed by atoms with Crippen LogP contribution in [-0.2, 0) is 6.42 Å². The molecule has 0 saturated carbocycles. The van der Waals surface area contributed by atoms with Crippen molar-refractivity contribution in [3.8, 4) is 0 Å². The molecule has 0 bridgehead atoms. The van der Waals surface area contributed by atoms with Crippen LogP contribution in [0.2, 0.25) is 0 Å².